The lowest BCUT2D eigenvalue weighted by Crippen LogP contribution is -2.13. The van der Waals surface area contributed by atoms with Gasteiger partial charge in [-0.2, -0.15) is 0 Å². The Morgan fingerprint density at radius 2 is 1.61 bits per heavy atom. The largest absolute Gasteiger partial charge is 0.379 e. The minimum atomic E-state index is -0.510. The molecular formula is C23H22F2N2O. The van der Waals surface area contributed by atoms with Crippen molar-refractivity contribution in [3.63, 3.8) is 0 Å². The average Bonchev–Trinajstić information content (AvgIpc) is 2.71. The van der Waals surface area contributed by atoms with Crippen LogP contribution in [0.25, 0.3) is 0 Å². The summed E-state index contributed by atoms with van der Waals surface area (Å²) in [6.07, 6.45) is 0.217. The Bertz CT molecular complexity index is 927. The van der Waals surface area contributed by atoms with E-state index in [4.69, 9.17) is 0 Å². The molecule has 0 aromatic heterocycles. The molecular weight excluding hydrogens is 358 g/mol. The number of benzene rings is 3. The normalized spacial score (nSPS) is 11.7. The summed E-state index contributed by atoms with van der Waals surface area (Å²) < 4.78 is 26.8. The van der Waals surface area contributed by atoms with E-state index in [2.05, 4.69) is 29.7 Å². The minimum Gasteiger partial charge on any atom is -0.379 e. The van der Waals surface area contributed by atoms with E-state index >= 15 is 0 Å². The van der Waals surface area contributed by atoms with Crippen molar-refractivity contribution in [2.24, 2.45) is 0 Å². The molecule has 1 unspecified atom stereocenters. The summed E-state index contributed by atoms with van der Waals surface area (Å²) in [4.78, 5) is 12.1. The van der Waals surface area contributed by atoms with Gasteiger partial charge in [0.05, 0.1) is 0 Å². The molecule has 0 radical (unpaired) electrons. The number of anilines is 2. The van der Waals surface area contributed by atoms with Crippen molar-refractivity contribution >= 4 is 17.3 Å². The van der Waals surface area contributed by atoms with E-state index in [1.165, 1.54) is 5.56 Å². The summed E-state index contributed by atoms with van der Waals surface area (Å²) in [6, 6.07) is 20.9. The van der Waals surface area contributed by atoms with Gasteiger partial charge in [0.15, 0.2) is 0 Å². The van der Waals surface area contributed by atoms with Gasteiger partial charge in [0, 0.05) is 23.8 Å². The summed E-state index contributed by atoms with van der Waals surface area (Å²) in [5.74, 6) is -1.26. The maximum atomic E-state index is 13.6. The Kier molecular flexibility index (Phi) is 6.37. The highest BCUT2D eigenvalue weighted by Gasteiger charge is 2.09. The number of halogens is 2. The minimum absolute atomic E-state index is 0.0748. The first kappa shape index (κ1) is 19.5. The Morgan fingerprint density at radius 3 is 2.32 bits per heavy atom. The molecule has 0 saturated carbocycles. The molecule has 0 aliphatic carbocycles. The SMILES string of the molecule is CC(Nc1ccc(NC(=O)CCc2cc(F)ccc2F)cc1)c1ccccc1. The molecule has 0 heterocycles. The molecule has 3 aromatic carbocycles. The molecule has 3 aromatic rings. The fourth-order valence-corrected chi connectivity index (χ4v) is 2.93. The first-order valence-corrected chi connectivity index (χ1v) is 9.16. The summed E-state index contributed by atoms with van der Waals surface area (Å²) in [5.41, 5.74) is 2.98. The van der Waals surface area contributed by atoms with E-state index in [-0.39, 0.29) is 30.4 Å². The molecule has 0 bridgehead atoms. The van der Waals surface area contributed by atoms with Crippen LogP contribution in [0.1, 0.15) is 30.5 Å². The molecule has 0 aliphatic heterocycles. The van der Waals surface area contributed by atoms with E-state index in [0.29, 0.717) is 5.69 Å². The molecule has 0 saturated heterocycles. The smallest absolute Gasteiger partial charge is 0.224 e. The highest BCUT2D eigenvalue weighted by molar-refractivity contribution is 5.91. The van der Waals surface area contributed by atoms with Crippen molar-refractivity contribution < 1.29 is 13.6 Å². The molecule has 144 valence electrons. The summed E-state index contributed by atoms with van der Waals surface area (Å²) >= 11 is 0. The summed E-state index contributed by atoms with van der Waals surface area (Å²) in [5, 5.41) is 6.18. The first-order valence-electron chi connectivity index (χ1n) is 9.16. The standard InChI is InChI=1S/C23H22F2N2O/c1-16(17-5-3-2-4-6-17)26-20-9-11-21(12-10-20)27-23(28)14-7-18-15-19(24)8-13-22(18)25/h2-6,8-13,15-16,26H,7,14H2,1H3,(H,27,28). The lowest BCUT2D eigenvalue weighted by atomic mass is 10.1. The van der Waals surface area contributed by atoms with Crippen molar-refractivity contribution in [2.45, 2.75) is 25.8 Å². The molecule has 3 nitrogen and oxygen atoms in total. The number of aryl methyl sites for hydroxylation is 1. The van der Waals surface area contributed by atoms with Crippen LogP contribution in [0.3, 0.4) is 0 Å². The predicted octanol–water partition coefficient (Wildman–Crippen LogP) is 5.71. The predicted molar refractivity (Wildman–Crippen MR) is 108 cm³/mol. The van der Waals surface area contributed by atoms with Crippen molar-refractivity contribution in [3.8, 4) is 0 Å². The lowest BCUT2D eigenvalue weighted by Gasteiger charge is -2.16. The van der Waals surface area contributed by atoms with E-state index in [0.717, 1.165) is 23.9 Å². The van der Waals surface area contributed by atoms with Crippen molar-refractivity contribution in [2.75, 3.05) is 10.6 Å². The number of amides is 1. The topological polar surface area (TPSA) is 41.1 Å². The Morgan fingerprint density at radius 1 is 0.929 bits per heavy atom. The van der Waals surface area contributed by atoms with Crippen LogP contribution >= 0.6 is 0 Å². The fraction of sp³-hybridized carbons (Fsp3) is 0.174. The van der Waals surface area contributed by atoms with E-state index in [9.17, 15) is 13.6 Å². The molecule has 3 rings (SSSR count). The van der Waals surface area contributed by atoms with Crippen molar-refractivity contribution in [3.05, 3.63) is 95.6 Å². The number of hydrogen-bond donors (Lipinski definition) is 2. The molecule has 0 spiro atoms. The molecule has 1 amide bonds. The van der Waals surface area contributed by atoms with Gasteiger partial charge in [-0.3, -0.25) is 4.79 Å². The van der Waals surface area contributed by atoms with E-state index in [1.54, 1.807) is 12.1 Å². The third kappa shape index (κ3) is 5.39. The number of rotatable bonds is 7. The van der Waals surface area contributed by atoms with Crippen LogP contribution in [0.15, 0.2) is 72.8 Å². The average molecular weight is 380 g/mol. The Balaban J connectivity index is 1.52. The highest BCUT2D eigenvalue weighted by atomic mass is 19.1. The second-order valence-corrected chi connectivity index (χ2v) is 6.64. The number of nitrogens with one attached hydrogen (secondary N) is 2. The van der Waals surface area contributed by atoms with Crippen LogP contribution in [0.2, 0.25) is 0 Å². The number of hydrogen-bond acceptors (Lipinski definition) is 2. The van der Waals surface area contributed by atoms with Gasteiger partial charge in [-0.1, -0.05) is 30.3 Å². The van der Waals surface area contributed by atoms with Gasteiger partial charge in [-0.25, -0.2) is 8.78 Å². The third-order valence-corrected chi connectivity index (χ3v) is 4.48. The van der Waals surface area contributed by atoms with Gasteiger partial charge < -0.3 is 10.6 Å². The quantitative estimate of drug-likeness (QED) is 0.551. The van der Waals surface area contributed by atoms with Crippen LogP contribution in [-0.2, 0) is 11.2 Å². The zero-order valence-electron chi connectivity index (χ0n) is 15.6. The third-order valence-electron chi connectivity index (χ3n) is 4.48. The molecule has 5 heteroatoms. The van der Waals surface area contributed by atoms with Gasteiger partial charge >= 0.3 is 0 Å². The second kappa shape index (κ2) is 9.13. The summed E-state index contributed by atoms with van der Waals surface area (Å²) in [6.45, 7) is 2.08. The molecule has 0 fully saturated rings. The number of carbonyl (C=O) groups excluding carboxylic acids is 1. The maximum absolute atomic E-state index is 13.6. The van der Waals surface area contributed by atoms with E-state index in [1.807, 2.05) is 30.3 Å². The van der Waals surface area contributed by atoms with Gasteiger partial charge in [0.2, 0.25) is 5.91 Å². The zero-order chi connectivity index (χ0) is 19.9. The monoisotopic (exact) mass is 380 g/mol. The van der Waals surface area contributed by atoms with Crippen molar-refractivity contribution in [1.29, 1.82) is 0 Å². The lowest BCUT2D eigenvalue weighted by molar-refractivity contribution is -0.116. The van der Waals surface area contributed by atoms with E-state index < -0.39 is 11.6 Å². The van der Waals surface area contributed by atoms with Crippen LogP contribution in [0.5, 0.6) is 0 Å². The van der Waals surface area contributed by atoms with Crippen LogP contribution in [0, 0.1) is 11.6 Å². The van der Waals surface area contributed by atoms with Crippen LogP contribution in [0.4, 0.5) is 20.2 Å². The molecule has 1 atom stereocenters. The molecule has 2 N–H and O–H groups in total. The van der Waals surface area contributed by atoms with Crippen LogP contribution in [-0.4, -0.2) is 5.91 Å². The Hall–Kier alpha value is -3.21. The van der Waals surface area contributed by atoms with Gasteiger partial charge in [0.25, 0.3) is 0 Å². The maximum Gasteiger partial charge on any atom is 0.224 e. The van der Waals surface area contributed by atoms with Crippen molar-refractivity contribution in [1.82, 2.24) is 0 Å². The van der Waals surface area contributed by atoms with Gasteiger partial charge in [0.1, 0.15) is 11.6 Å². The molecule has 0 aliphatic rings. The molecule has 28 heavy (non-hydrogen) atoms. The Labute approximate surface area is 163 Å². The van der Waals surface area contributed by atoms with Gasteiger partial charge in [-0.05, 0) is 66.9 Å². The summed E-state index contributed by atoms with van der Waals surface area (Å²) in [7, 11) is 0. The van der Waals surface area contributed by atoms with Crippen LogP contribution < -0.4 is 10.6 Å². The zero-order valence-corrected chi connectivity index (χ0v) is 15.6. The fourth-order valence-electron chi connectivity index (χ4n) is 2.93. The highest BCUT2D eigenvalue weighted by Crippen LogP contribution is 2.21. The van der Waals surface area contributed by atoms with Gasteiger partial charge in [-0.15, -0.1) is 0 Å². The second-order valence-electron chi connectivity index (χ2n) is 6.64. The number of carbonyl (C=O) groups is 1. The first-order chi connectivity index (χ1) is 13.5.